The van der Waals surface area contributed by atoms with Gasteiger partial charge < -0.3 is 9.64 Å². The van der Waals surface area contributed by atoms with E-state index in [-0.39, 0.29) is 26.9 Å². The van der Waals surface area contributed by atoms with Crippen LogP contribution in [0.25, 0.3) is 0 Å². The molecule has 8 nitrogen and oxygen atoms in total. The zero-order chi connectivity index (χ0) is 21.5. The Labute approximate surface area is 169 Å². The molecule has 0 spiro atoms. The minimum Gasteiger partial charge on any atom is -0.391 e. The third-order valence-corrected chi connectivity index (χ3v) is 6.04. The van der Waals surface area contributed by atoms with E-state index in [1.807, 2.05) is 0 Å². The molecule has 0 aliphatic carbocycles. The first-order valence-electron chi connectivity index (χ1n) is 8.24. The summed E-state index contributed by atoms with van der Waals surface area (Å²) in [6.45, 7) is 4.75. The zero-order valence-electron chi connectivity index (χ0n) is 16.7. The molecule has 0 unspecified atom stereocenters. The first kappa shape index (κ1) is 21.9. The highest BCUT2D eigenvalue weighted by atomic mass is 35.5. The van der Waals surface area contributed by atoms with Gasteiger partial charge in [0.05, 0.1) is 15.6 Å². The number of hydrogen-bond acceptors (Lipinski definition) is 6. The predicted octanol–water partition coefficient (Wildman–Crippen LogP) is 2.69. The van der Waals surface area contributed by atoms with Crippen LogP contribution in [0.5, 0.6) is 5.88 Å². The number of aromatic nitrogens is 2. The van der Waals surface area contributed by atoms with Crippen LogP contribution in [-0.4, -0.2) is 55.3 Å². The van der Waals surface area contributed by atoms with E-state index in [9.17, 15) is 18.0 Å². The van der Waals surface area contributed by atoms with Crippen molar-refractivity contribution in [2.75, 3.05) is 20.4 Å². The van der Waals surface area contributed by atoms with E-state index >= 15 is 0 Å². The van der Waals surface area contributed by atoms with E-state index in [1.54, 1.807) is 27.8 Å². The van der Waals surface area contributed by atoms with Gasteiger partial charge in [-0.1, -0.05) is 11.6 Å². The molecule has 0 radical (unpaired) electrons. The maximum atomic E-state index is 13.2. The molecule has 2 rings (SSSR count). The summed E-state index contributed by atoms with van der Waals surface area (Å²) in [5.74, 6) is -0.525. The number of hydrogen-bond donors (Lipinski definition) is 0. The Morgan fingerprint density at radius 1 is 1.21 bits per heavy atom. The molecule has 0 aliphatic heterocycles. The number of aryl methyl sites for hydroxylation is 3. The number of ether oxygens (including phenoxy) is 1. The molecule has 0 N–H and O–H groups in total. The molecule has 0 saturated heterocycles. The standard InChI is InChI=1S/C18H22ClN3O5S/c1-9-8-12(14(19)10(2)16(9)28(7,25)26)15(23)13-11(3)20-22(6)17(13)27-18(24)21(4)5/h8H,1-7H3. The third kappa shape index (κ3) is 3.90. The minimum atomic E-state index is -3.52. The van der Waals surface area contributed by atoms with E-state index in [2.05, 4.69) is 5.10 Å². The molecular formula is C18H22ClN3O5S. The first-order valence-corrected chi connectivity index (χ1v) is 10.5. The highest BCUT2D eigenvalue weighted by Crippen LogP contribution is 2.34. The van der Waals surface area contributed by atoms with Crippen molar-refractivity contribution in [2.24, 2.45) is 7.05 Å². The smallest absolute Gasteiger partial charge is 0.391 e. The Balaban J connectivity index is 2.67. The molecule has 1 amide bonds. The van der Waals surface area contributed by atoms with Crippen LogP contribution in [0.1, 0.15) is 32.7 Å². The van der Waals surface area contributed by atoms with Crippen LogP contribution in [0.3, 0.4) is 0 Å². The number of ketones is 1. The second kappa shape index (κ2) is 7.56. The molecule has 1 heterocycles. The van der Waals surface area contributed by atoms with Crippen LogP contribution in [0, 0.1) is 20.8 Å². The van der Waals surface area contributed by atoms with Gasteiger partial charge in [0, 0.05) is 33.0 Å². The highest BCUT2D eigenvalue weighted by Gasteiger charge is 2.29. The van der Waals surface area contributed by atoms with Gasteiger partial charge in [-0.25, -0.2) is 17.9 Å². The van der Waals surface area contributed by atoms with Gasteiger partial charge in [-0.3, -0.25) is 4.79 Å². The average Bonchev–Trinajstić information content (AvgIpc) is 2.82. The molecule has 1 aromatic carbocycles. The van der Waals surface area contributed by atoms with Crippen molar-refractivity contribution in [1.82, 2.24) is 14.7 Å². The Bertz CT molecular complexity index is 1090. The number of amides is 1. The Morgan fingerprint density at radius 3 is 2.29 bits per heavy atom. The largest absolute Gasteiger partial charge is 0.416 e. The van der Waals surface area contributed by atoms with E-state index in [1.165, 1.54) is 29.7 Å². The lowest BCUT2D eigenvalue weighted by Gasteiger charge is -2.15. The van der Waals surface area contributed by atoms with Gasteiger partial charge in [0.15, 0.2) is 9.84 Å². The van der Waals surface area contributed by atoms with Crippen molar-refractivity contribution in [1.29, 1.82) is 0 Å². The van der Waals surface area contributed by atoms with E-state index < -0.39 is 21.7 Å². The molecule has 0 aliphatic rings. The topological polar surface area (TPSA) is 98.6 Å². The summed E-state index contributed by atoms with van der Waals surface area (Å²) in [4.78, 5) is 26.5. The average molecular weight is 428 g/mol. The summed E-state index contributed by atoms with van der Waals surface area (Å²) >= 11 is 6.36. The quantitative estimate of drug-likeness (QED) is 0.695. The molecule has 0 saturated carbocycles. The summed E-state index contributed by atoms with van der Waals surface area (Å²) in [6.07, 6.45) is 0.424. The van der Waals surface area contributed by atoms with Gasteiger partial charge in [-0.15, -0.1) is 0 Å². The van der Waals surface area contributed by atoms with Crippen LogP contribution >= 0.6 is 11.6 Å². The highest BCUT2D eigenvalue weighted by molar-refractivity contribution is 7.90. The normalized spacial score (nSPS) is 11.4. The number of carbonyl (C=O) groups is 2. The number of sulfone groups is 1. The minimum absolute atomic E-state index is 0.0141. The number of halogens is 1. The monoisotopic (exact) mass is 427 g/mol. The van der Waals surface area contributed by atoms with Crippen LogP contribution in [0.15, 0.2) is 11.0 Å². The van der Waals surface area contributed by atoms with Gasteiger partial charge in [-0.2, -0.15) is 5.10 Å². The van der Waals surface area contributed by atoms with Gasteiger partial charge >= 0.3 is 6.09 Å². The van der Waals surface area contributed by atoms with Gasteiger partial charge in [0.1, 0.15) is 5.56 Å². The summed E-state index contributed by atoms with van der Waals surface area (Å²) in [6, 6.07) is 1.43. The molecule has 0 atom stereocenters. The van der Waals surface area contributed by atoms with Gasteiger partial charge in [0.2, 0.25) is 11.7 Å². The third-order valence-electron chi connectivity index (χ3n) is 4.19. The number of carbonyl (C=O) groups excluding carboxylic acids is 2. The van der Waals surface area contributed by atoms with E-state index in [0.29, 0.717) is 16.8 Å². The molecular weight excluding hydrogens is 406 g/mol. The Kier molecular flexibility index (Phi) is 5.91. The van der Waals surface area contributed by atoms with Crippen molar-refractivity contribution < 1.29 is 22.7 Å². The zero-order valence-corrected chi connectivity index (χ0v) is 18.3. The lowest BCUT2D eigenvalue weighted by Crippen LogP contribution is -2.26. The second-order valence-corrected chi connectivity index (χ2v) is 9.09. The fraction of sp³-hybridized carbons (Fsp3) is 0.389. The van der Waals surface area contributed by atoms with Crippen molar-refractivity contribution in [2.45, 2.75) is 25.7 Å². The SMILES string of the molecule is Cc1cc(C(=O)c2c(C)nn(C)c2OC(=O)N(C)C)c(Cl)c(C)c1S(C)(=O)=O. The van der Waals surface area contributed by atoms with E-state index in [4.69, 9.17) is 16.3 Å². The molecule has 0 bridgehead atoms. The van der Waals surface area contributed by atoms with Crippen LogP contribution in [-0.2, 0) is 16.9 Å². The predicted molar refractivity (Wildman–Crippen MR) is 105 cm³/mol. The second-order valence-electron chi connectivity index (χ2n) is 6.76. The number of benzene rings is 1. The van der Waals surface area contributed by atoms with Crippen molar-refractivity contribution in [3.8, 4) is 5.88 Å². The summed E-state index contributed by atoms with van der Waals surface area (Å²) in [7, 11) is 1.06. The van der Waals surface area contributed by atoms with Gasteiger partial charge in [-0.05, 0) is 38.0 Å². The van der Waals surface area contributed by atoms with E-state index in [0.717, 1.165) is 6.26 Å². The maximum absolute atomic E-state index is 13.2. The Hall–Kier alpha value is -2.39. The summed E-state index contributed by atoms with van der Waals surface area (Å²) in [5.41, 5.74) is 1.25. The lowest BCUT2D eigenvalue weighted by atomic mass is 9.99. The molecule has 2 aromatic rings. The molecule has 10 heteroatoms. The van der Waals surface area contributed by atoms with Crippen molar-refractivity contribution in [3.05, 3.63) is 39.0 Å². The van der Waals surface area contributed by atoms with Crippen molar-refractivity contribution >= 4 is 33.3 Å². The molecule has 1 aromatic heterocycles. The first-order chi connectivity index (χ1) is 12.8. The summed E-state index contributed by atoms with van der Waals surface area (Å²) in [5, 5.41) is 4.19. The van der Waals surface area contributed by atoms with Crippen LogP contribution < -0.4 is 4.74 Å². The van der Waals surface area contributed by atoms with Crippen LogP contribution in [0.4, 0.5) is 4.79 Å². The molecule has 152 valence electrons. The summed E-state index contributed by atoms with van der Waals surface area (Å²) < 4.78 is 30.7. The molecule has 0 fully saturated rings. The lowest BCUT2D eigenvalue weighted by molar-refractivity contribution is 0.103. The number of nitrogens with zero attached hydrogens (tertiary/aromatic N) is 3. The van der Waals surface area contributed by atoms with Crippen molar-refractivity contribution in [3.63, 3.8) is 0 Å². The Morgan fingerprint density at radius 2 is 1.79 bits per heavy atom. The number of rotatable bonds is 4. The molecule has 28 heavy (non-hydrogen) atoms. The van der Waals surface area contributed by atoms with Gasteiger partial charge in [0.25, 0.3) is 0 Å². The van der Waals surface area contributed by atoms with Crippen LogP contribution in [0.2, 0.25) is 5.02 Å². The fourth-order valence-electron chi connectivity index (χ4n) is 3.00. The maximum Gasteiger partial charge on any atom is 0.416 e. The fourth-order valence-corrected chi connectivity index (χ4v) is 4.60.